The largest absolute Gasteiger partial charge is 0.369 e. The second-order valence-corrected chi connectivity index (χ2v) is 5.33. The van der Waals surface area contributed by atoms with E-state index in [2.05, 4.69) is 48.5 Å². The van der Waals surface area contributed by atoms with E-state index in [0.717, 1.165) is 22.3 Å². The van der Waals surface area contributed by atoms with Crippen molar-refractivity contribution >= 4 is 28.7 Å². The molecule has 0 fully saturated rings. The molecule has 96 valence electrons. The molecule has 0 saturated carbocycles. The SMILES string of the molecule is CSc1cccc(-n2c(N)nc3c(C)cccc32)c1. The van der Waals surface area contributed by atoms with Gasteiger partial charge in [0.15, 0.2) is 0 Å². The monoisotopic (exact) mass is 269 g/mol. The van der Waals surface area contributed by atoms with Crippen molar-refractivity contribution in [2.45, 2.75) is 11.8 Å². The molecule has 1 heterocycles. The molecule has 0 unspecified atom stereocenters. The summed E-state index contributed by atoms with van der Waals surface area (Å²) in [6.45, 7) is 2.05. The number of nitrogens with two attached hydrogens (primary N) is 1. The number of fused-ring (bicyclic) bond motifs is 1. The van der Waals surface area contributed by atoms with Gasteiger partial charge in [-0.05, 0) is 43.0 Å². The molecule has 3 nitrogen and oxygen atoms in total. The maximum absolute atomic E-state index is 6.09. The molecule has 0 aliphatic heterocycles. The van der Waals surface area contributed by atoms with Crippen molar-refractivity contribution in [3.8, 4) is 5.69 Å². The van der Waals surface area contributed by atoms with E-state index in [1.54, 1.807) is 11.8 Å². The Morgan fingerprint density at radius 2 is 1.95 bits per heavy atom. The first-order chi connectivity index (χ1) is 9.20. The quantitative estimate of drug-likeness (QED) is 0.722. The fourth-order valence-corrected chi connectivity index (χ4v) is 2.73. The summed E-state index contributed by atoms with van der Waals surface area (Å²) in [6.07, 6.45) is 2.07. The third kappa shape index (κ3) is 1.98. The molecule has 0 aliphatic carbocycles. The average molecular weight is 269 g/mol. The lowest BCUT2D eigenvalue weighted by Gasteiger charge is -2.08. The van der Waals surface area contributed by atoms with E-state index in [9.17, 15) is 0 Å². The molecule has 3 aromatic rings. The number of hydrogen-bond acceptors (Lipinski definition) is 3. The van der Waals surface area contributed by atoms with Crippen LogP contribution in [0.4, 0.5) is 5.95 Å². The second kappa shape index (κ2) is 4.63. The molecule has 3 rings (SSSR count). The summed E-state index contributed by atoms with van der Waals surface area (Å²) in [5.41, 5.74) is 10.3. The number of rotatable bonds is 2. The molecule has 0 aliphatic rings. The number of anilines is 1. The molecule has 19 heavy (non-hydrogen) atoms. The van der Waals surface area contributed by atoms with Gasteiger partial charge in [-0.25, -0.2) is 4.98 Å². The molecule has 1 aromatic heterocycles. The molecule has 0 bridgehead atoms. The van der Waals surface area contributed by atoms with Crippen molar-refractivity contribution in [1.29, 1.82) is 0 Å². The second-order valence-electron chi connectivity index (χ2n) is 4.45. The summed E-state index contributed by atoms with van der Waals surface area (Å²) in [5, 5.41) is 0. The predicted octanol–water partition coefficient (Wildman–Crippen LogP) is 3.64. The zero-order chi connectivity index (χ0) is 13.4. The number of aromatic nitrogens is 2. The summed E-state index contributed by atoms with van der Waals surface area (Å²) in [4.78, 5) is 5.69. The van der Waals surface area contributed by atoms with Crippen LogP contribution in [0.25, 0.3) is 16.7 Å². The molecular weight excluding hydrogens is 254 g/mol. The lowest BCUT2D eigenvalue weighted by atomic mass is 10.2. The molecule has 0 saturated heterocycles. The van der Waals surface area contributed by atoms with E-state index in [-0.39, 0.29) is 0 Å². The highest BCUT2D eigenvalue weighted by Gasteiger charge is 2.11. The van der Waals surface area contributed by atoms with E-state index >= 15 is 0 Å². The van der Waals surface area contributed by atoms with Crippen LogP contribution >= 0.6 is 11.8 Å². The number of nitrogens with zero attached hydrogens (tertiary/aromatic N) is 2. The third-order valence-electron chi connectivity index (χ3n) is 3.22. The van der Waals surface area contributed by atoms with Gasteiger partial charge in [0.2, 0.25) is 5.95 Å². The van der Waals surface area contributed by atoms with E-state index in [4.69, 9.17) is 5.73 Å². The first-order valence-electron chi connectivity index (χ1n) is 6.08. The Bertz CT molecular complexity index is 746. The highest BCUT2D eigenvalue weighted by Crippen LogP contribution is 2.27. The minimum Gasteiger partial charge on any atom is -0.369 e. The molecular formula is C15H15N3S. The van der Waals surface area contributed by atoms with Gasteiger partial charge in [0.05, 0.1) is 16.7 Å². The van der Waals surface area contributed by atoms with Crippen LogP contribution in [0.15, 0.2) is 47.4 Å². The van der Waals surface area contributed by atoms with Crippen molar-refractivity contribution in [2.75, 3.05) is 12.0 Å². The number of para-hydroxylation sites is 1. The molecule has 0 amide bonds. The number of aryl methyl sites for hydroxylation is 1. The van der Waals surface area contributed by atoms with Crippen molar-refractivity contribution < 1.29 is 0 Å². The number of hydrogen-bond donors (Lipinski definition) is 1. The Morgan fingerprint density at radius 1 is 1.16 bits per heavy atom. The molecule has 4 heteroatoms. The van der Waals surface area contributed by atoms with Gasteiger partial charge in [-0.3, -0.25) is 4.57 Å². The Kier molecular flexibility index (Phi) is 2.95. The minimum atomic E-state index is 0.530. The smallest absolute Gasteiger partial charge is 0.205 e. The number of nitrogen functional groups attached to an aromatic ring is 1. The van der Waals surface area contributed by atoms with Gasteiger partial charge < -0.3 is 5.73 Å². The van der Waals surface area contributed by atoms with E-state index in [0.29, 0.717) is 5.95 Å². The van der Waals surface area contributed by atoms with E-state index in [1.165, 1.54) is 4.90 Å². The van der Waals surface area contributed by atoms with Crippen LogP contribution in [0.5, 0.6) is 0 Å². The Balaban J connectivity index is 2.30. The van der Waals surface area contributed by atoms with Gasteiger partial charge in [-0.2, -0.15) is 0 Å². The normalized spacial score (nSPS) is 11.1. The van der Waals surface area contributed by atoms with Crippen molar-refractivity contribution in [2.24, 2.45) is 0 Å². The highest BCUT2D eigenvalue weighted by atomic mass is 32.2. The predicted molar refractivity (Wildman–Crippen MR) is 82.0 cm³/mol. The topological polar surface area (TPSA) is 43.8 Å². The summed E-state index contributed by atoms with van der Waals surface area (Å²) in [6, 6.07) is 14.5. The molecule has 0 atom stereocenters. The van der Waals surface area contributed by atoms with Crippen LogP contribution in [0, 0.1) is 6.92 Å². The third-order valence-corrected chi connectivity index (χ3v) is 3.95. The Morgan fingerprint density at radius 3 is 2.74 bits per heavy atom. The lowest BCUT2D eigenvalue weighted by molar-refractivity contribution is 1.10. The van der Waals surface area contributed by atoms with Crippen molar-refractivity contribution in [3.05, 3.63) is 48.0 Å². The van der Waals surface area contributed by atoms with Crippen LogP contribution < -0.4 is 5.73 Å². The van der Waals surface area contributed by atoms with Gasteiger partial charge >= 0.3 is 0 Å². The van der Waals surface area contributed by atoms with Gasteiger partial charge in [0.25, 0.3) is 0 Å². The van der Waals surface area contributed by atoms with Gasteiger partial charge in [0, 0.05) is 4.90 Å². The van der Waals surface area contributed by atoms with Crippen LogP contribution in [0.1, 0.15) is 5.56 Å². The summed E-state index contributed by atoms with van der Waals surface area (Å²) >= 11 is 1.72. The summed E-state index contributed by atoms with van der Waals surface area (Å²) in [5.74, 6) is 0.530. The molecule has 2 aromatic carbocycles. The summed E-state index contributed by atoms with van der Waals surface area (Å²) < 4.78 is 2.00. The van der Waals surface area contributed by atoms with Crippen LogP contribution in [0.2, 0.25) is 0 Å². The highest BCUT2D eigenvalue weighted by molar-refractivity contribution is 7.98. The first kappa shape index (κ1) is 12.1. The zero-order valence-electron chi connectivity index (χ0n) is 10.9. The minimum absolute atomic E-state index is 0.530. The number of imidazole rings is 1. The van der Waals surface area contributed by atoms with Crippen LogP contribution in [0.3, 0.4) is 0 Å². The Hall–Kier alpha value is -1.94. The number of thioether (sulfide) groups is 1. The Labute approximate surface area is 116 Å². The van der Waals surface area contributed by atoms with Crippen molar-refractivity contribution in [1.82, 2.24) is 9.55 Å². The number of benzene rings is 2. The molecule has 0 spiro atoms. The summed E-state index contributed by atoms with van der Waals surface area (Å²) in [7, 11) is 0. The first-order valence-corrected chi connectivity index (χ1v) is 7.31. The lowest BCUT2D eigenvalue weighted by Crippen LogP contribution is -2.00. The van der Waals surface area contributed by atoms with Crippen LogP contribution in [-0.2, 0) is 0 Å². The van der Waals surface area contributed by atoms with E-state index < -0.39 is 0 Å². The molecule has 0 radical (unpaired) electrons. The molecule has 2 N–H and O–H groups in total. The average Bonchev–Trinajstić information content (AvgIpc) is 2.77. The maximum atomic E-state index is 6.09. The maximum Gasteiger partial charge on any atom is 0.205 e. The fourth-order valence-electron chi connectivity index (χ4n) is 2.28. The van der Waals surface area contributed by atoms with E-state index in [1.807, 2.05) is 16.7 Å². The standard InChI is InChI=1S/C15H15N3S/c1-10-5-3-8-13-14(10)17-15(16)18(13)11-6-4-7-12(9-11)19-2/h3-9H,1-2H3,(H2,16,17). The van der Waals surface area contributed by atoms with Gasteiger partial charge in [-0.15, -0.1) is 11.8 Å². The van der Waals surface area contributed by atoms with Gasteiger partial charge in [0.1, 0.15) is 0 Å². The van der Waals surface area contributed by atoms with Gasteiger partial charge in [-0.1, -0.05) is 18.2 Å². The van der Waals surface area contributed by atoms with Crippen LogP contribution in [-0.4, -0.2) is 15.8 Å². The van der Waals surface area contributed by atoms with Crippen molar-refractivity contribution in [3.63, 3.8) is 0 Å². The zero-order valence-corrected chi connectivity index (χ0v) is 11.7. The fraction of sp³-hybridized carbons (Fsp3) is 0.133.